The molecule has 102 valence electrons. The normalized spacial score (nSPS) is 14.7. The SMILES string of the molecule is CCCNC(Cc1cccnc1)C(OC)C(C)C. The lowest BCUT2D eigenvalue weighted by Gasteiger charge is -2.30. The van der Waals surface area contributed by atoms with Gasteiger partial charge in [-0.05, 0) is 36.9 Å². The Morgan fingerprint density at radius 1 is 1.39 bits per heavy atom. The van der Waals surface area contributed by atoms with Crippen LogP contribution in [-0.4, -0.2) is 30.8 Å². The van der Waals surface area contributed by atoms with Crippen molar-refractivity contribution < 1.29 is 4.74 Å². The van der Waals surface area contributed by atoms with E-state index in [1.807, 2.05) is 18.5 Å². The van der Waals surface area contributed by atoms with Gasteiger partial charge in [-0.1, -0.05) is 26.8 Å². The van der Waals surface area contributed by atoms with E-state index in [0.717, 1.165) is 19.4 Å². The maximum Gasteiger partial charge on any atom is 0.0750 e. The highest BCUT2D eigenvalue weighted by Crippen LogP contribution is 2.14. The Morgan fingerprint density at radius 3 is 2.67 bits per heavy atom. The van der Waals surface area contributed by atoms with E-state index >= 15 is 0 Å². The van der Waals surface area contributed by atoms with Crippen LogP contribution in [0.15, 0.2) is 24.5 Å². The smallest absolute Gasteiger partial charge is 0.0750 e. The Labute approximate surface area is 111 Å². The zero-order valence-corrected chi connectivity index (χ0v) is 12.0. The van der Waals surface area contributed by atoms with Crippen LogP contribution in [0.4, 0.5) is 0 Å². The number of rotatable bonds is 8. The summed E-state index contributed by atoms with van der Waals surface area (Å²) in [5, 5.41) is 3.60. The fraction of sp³-hybridized carbons (Fsp3) is 0.667. The highest BCUT2D eigenvalue weighted by Gasteiger charge is 2.23. The zero-order valence-electron chi connectivity index (χ0n) is 12.0. The van der Waals surface area contributed by atoms with Gasteiger partial charge >= 0.3 is 0 Å². The summed E-state index contributed by atoms with van der Waals surface area (Å²) in [5.74, 6) is 0.501. The molecule has 1 rings (SSSR count). The Kier molecular flexibility index (Phi) is 6.91. The molecule has 3 nitrogen and oxygen atoms in total. The van der Waals surface area contributed by atoms with Crippen LogP contribution >= 0.6 is 0 Å². The van der Waals surface area contributed by atoms with Crippen LogP contribution in [0.5, 0.6) is 0 Å². The third-order valence-corrected chi connectivity index (χ3v) is 3.16. The number of nitrogens with one attached hydrogen (secondary N) is 1. The summed E-state index contributed by atoms with van der Waals surface area (Å²) in [6, 6.07) is 4.46. The largest absolute Gasteiger partial charge is 0.380 e. The average molecular weight is 250 g/mol. The predicted octanol–water partition coefficient (Wildman–Crippen LogP) is 2.66. The van der Waals surface area contributed by atoms with Crippen molar-refractivity contribution in [2.24, 2.45) is 5.92 Å². The molecule has 0 aliphatic rings. The number of hydrogen-bond donors (Lipinski definition) is 1. The first-order chi connectivity index (χ1) is 8.69. The van der Waals surface area contributed by atoms with Gasteiger partial charge in [-0.2, -0.15) is 0 Å². The van der Waals surface area contributed by atoms with Gasteiger partial charge < -0.3 is 10.1 Å². The van der Waals surface area contributed by atoms with Crippen LogP contribution in [-0.2, 0) is 11.2 Å². The molecule has 1 heterocycles. The number of ether oxygens (including phenoxy) is 1. The molecule has 0 saturated heterocycles. The van der Waals surface area contributed by atoms with E-state index in [4.69, 9.17) is 4.74 Å². The molecule has 0 aliphatic heterocycles. The highest BCUT2D eigenvalue weighted by atomic mass is 16.5. The van der Waals surface area contributed by atoms with Crippen molar-refractivity contribution in [3.05, 3.63) is 30.1 Å². The van der Waals surface area contributed by atoms with Crippen molar-refractivity contribution >= 4 is 0 Å². The van der Waals surface area contributed by atoms with Gasteiger partial charge in [-0.15, -0.1) is 0 Å². The summed E-state index contributed by atoms with van der Waals surface area (Å²) in [6.07, 6.45) is 6.08. The molecule has 0 aliphatic carbocycles. The van der Waals surface area contributed by atoms with Gasteiger partial charge in [0.05, 0.1) is 6.10 Å². The third kappa shape index (κ3) is 4.75. The molecule has 3 heteroatoms. The molecule has 0 fully saturated rings. The van der Waals surface area contributed by atoms with Crippen LogP contribution in [0.1, 0.15) is 32.8 Å². The molecule has 0 aromatic carbocycles. The minimum atomic E-state index is 0.233. The van der Waals surface area contributed by atoms with Crippen LogP contribution in [0, 0.1) is 5.92 Å². The summed E-state index contributed by atoms with van der Waals surface area (Å²) in [6.45, 7) is 7.62. The molecule has 2 unspecified atom stereocenters. The van der Waals surface area contributed by atoms with Gasteiger partial charge in [0.2, 0.25) is 0 Å². The van der Waals surface area contributed by atoms with Crippen molar-refractivity contribution in [2.45, 2.75) is 45.8 Å². The molecule has 0 amide bonds. The lowest BCUT2D eigenvalue weighted by Crippen LogP contribution is -2.45. The maximum atomic E-state index is 5.66. The first-order valence-corrected chi connectivity index (χ1v) is 6.84. The van der Waals surface area contributed by atoms with Crippen molar-refractivity contribution in [1.29, 1.82) is 0 Å². The molecule has 1 aromatic rings. The van der Waals surface area contributed by atoms with Gasteiger partial charge in [0, 0.05) is 25.5 Å². The first-order valence-electron chi connectivity index (χ1n) is 6.84. The number of nitrogens with zero attached hydrogens (tertiary/aromatic N) is 1. The van der Waals surface area contributed by atoms with E-state index in [0.29, 0.717) is 12.0 Å². The molecular formula is C15H26N2O. The molecule has 18 heavy (non-hydrogen) atoms. The van der Waals surface area contributed by atoms with E-state index in [-0.39, 0.29) is 6.10 Å². The van der Waals surface area contributed by atoms with Crippen molar-refractivity contribution in [1.82, 2.24) is 10.3 Å². The fourth-order valence-corrected chi connectivity index (χ4v) is 2.31. The molecule has 1 N–H and O–H groups in total. The molecule has 1 aromatic heterocycles. The Morgan fingerprint density at radius 2 is 2.17 bits per heavy atom. The summed E-state index contributed by atoms with van der Waals surface area (Å²) < 4.78 is 5.66. The third-order valence-electron chi connectivity index (χ3n) is 3.16. The second kappa shape index (κ2) is 8.22. The van der Waals surface area contributed by atoms with Gasteiger partial charge in [-0.3, -0.25) is 4.98 Å². The number of pyridine rings is 1. The second-order valence-corrected chi connectivity index (χ2v) is 5.07. The standard InChI is InChI=1S/C15H26N2O/c1-5-8-17-14(15(18-4)12(2)3)10-13-7-6-9-16-11-13/h6-7,9,11-12,14-15,17H,5,8,10H2,1-4H3. The van der Waals surface area contributed by atoms with E-state index < -0.39 is 0 Å². The van der Waals surface area contributed by atoms with Gasteiger partial charge in [0.15, 0.2) is 0 Å². The second-order valence-electron chi connectivity index (χ2n) is 5.07. The quantitative estimate of drug-likeness (QED) is 0.770. The lowest BCUT2D eigenvalue weighted by molar-refractivity contribution is 0.0332. The van der Waals surface area contributed by atoms with Gasteiger partial charge in [0.25, 0.3) is 0 Å². The van der Waals surface area contributed by atoms with Crippen LogP contribution in [0.3, 0.4) is 0 Å². The van der Waals surface area contributed by atoms with E-state index in [2.05, 4.69) is 37.1 Å². The highest BCUT2D eigenvalue weighted by molar-refractivity contribution is 5.11. The average Bonchev–Trinajstić information content (AvgIpc) is 2.37. The summed E-state index contributed by atoms with van der Waals surface area (Å²) in [5.41, 5.74) is 1.26. The van der Waals surface area contributed by atoms with Crippen molar-refractivity contribution in [2.75, 3.05) is 13.7 Å². The molecule has 0 saturated carbocycles. The molecular weight excluding hydrogens is 224 g/mol. The first kappa shape index (κ1) is 15.1. The molecule has 2 atom stereocenters. The van der Waals surface area contributed by atoms with Crippen LogP contribution in [0.2, 0.25) is 0 Å². The van der Waals surface area contributed by atoms with E-state index in [1.54, 1.807) is 7.11 Å². The number of methoxy groups -OCH3 is 1. The van der Waals surface area contributed by atoms with Crippen molar-refractivity contribution in [3.63, 3.8) is 0 Å². The Bertz CT molecular complexity index is 314. The summed E-state index contributed by atoms with van der Waals surface area (Å²) in [4.78, 5) is 4.18. The predicted molar refractivity (Wildman–Crippen MR) is 75.7 cm³/mol. The molecule has 0 bridgehead atoms. The number of aromatic nitrogens is 1. The number of hydrogen-bond acceptors (Lipinski definition) is 3. The minimum absolute atomic E-state index is 0.233. The van der Waals surface area contributed by atoms with Gasteiger partial charge in [-0.25, -0.2) is 0 Å². The zero-order chi connectivity index (χ0) is 13.4. The van der Waals surface area contributed by atoms with E-state index in [1.165, 1.54) is 5.56 Å². The molecule has 0 spiro atoms. The lowest BCUT2D eigenvalue weighted by atomic mass is 9.94. The Hall–Kier alpha value is -0.930. The fourth-order valence-electron chi connectivity index (χ4n) is 2.31. The maximum absolute atomic E-state index is 5.66. The minimum Gasteiger partial charge on any atom is -0.380 e. The molecule has 0 radical (unpaired) electrons. The van der Waals surface area contributed by atoms with Crippen LogP contribution < -0.4 is 5.32 Å². The van der Waals surface area contributed by atoms with E-state index in [9.17, 15) is 0 Å². The van der Waals surface area contributed by atoms with Gasteiger partial charge in [0.1, 0.15) is 0 Å². The monoisotopic (exact) mass is 250 g/mol. The topological polar surface area (TPSA) is 34.2 Å². The summed E-state index contributed by atoms with van der Waals surface area (Å²) in [7, 11) is 1.80. The van der Waals surface area contributed by atoms with Crippen LogP contribution in [0.25, 0.3) is 0 Å². The Balaban J connectivity index is 2.71. The summed E-state index contributed by atoms with van der Waals surface area (Å²) >= 11 is 0. The van der Waals surface area contributed by atoms with Crippen molar-refractivity contribution in [3.8, 4) is 0 Å².